The van der Waals surface area contributed by atoms with Crippen molar-refractivity contribution in [2.75, 3.05) is 18.9 Å². The Labute approximate surface area is 112 Å². The van der Waals surface area contributed by atoms with Crippen molar-refractivity contribution in [3.05, 3.63) is 29.3 Å². The molecule has 1 saturated heterocycles. The molecular weight excluding hydrogens is 244 g/mol. The zero-order valence-electron chi connectivity index (χ0n) is 11.0. The smallest absolute Gasteiger partial charge is 0.338 e. The number of hydrogen-bond acceptors (Lipinski definition) is 4. The molecule has 1 aliphatic rings. The number of nitrogen functional groups attached to an aromatic ring is 1. The number of benzene rings is 1. The maximum absolute atomic E-state index is 11.7. The lowest BCUT2D eigenvalue weighted by molar-refractivity contribution is -0.128. The number of carbonyl (C=O) groups is 2. The van der Waals surface area contributed by atoms with Gasteiger partial charge in [0.15, 0.2) is 0 Å². The minimum Gasteiger partial charge on any atom is -0.462 e. The van der Waals surface area contributed by atoms with Crippen molar-refractivity contribution in [3.63, 3.8) is 0 Å². The van der Waals surface area contributed by atoms with Gasteiger partial charge in [-0.1, -0.05) is 0 Å². The summed E-state index contributed by atoms with van der Waals surface area (Å²) in [6.45, 7) is 3.31. The molecule has 1 aliphatic heterocycles. The highest BCUT2D eigenvalue weighted by Crippen LogP contribution is 2.20. The zero-order chi connectivity index (χ0) is 13.8. The van der Waals surface area contributed by atoms with Crippen LogP contribution in [0.4, 0.5) is 5.69 Å². The lowest BCUT2D eigenvalue weighted by Crippen LogP contribution is -2.24. The van der Waals surface area contributed by atoms with Gasteiger partial charge in [0.25, 0.3) is 0 Å². The van der Waals surface area contributed by atoms with Crippen molar-refractivity contribution in [2.24, 2.45) is 0 Å². The predicted molar refractivity (Wildman–Crippen MR) is 71.5 cm³/mol. The number of nitrogens with two attached hydrogens (primary N) is 1. The third-order valence-electron chi connectivity index (χ3n) is 3.19. The monoisotopic (exact) mass is 262 g/mol. The van der Waals surface area contributed by atoms with Crippen molar-refractivity contribution >= 4 is 17.6 Å². The van der Waals surface area contributed by atoms with Crippen LogP contribution in [0.1, 0.15) is 35.7 Å². The van der Waals surface area contributed by atoms with E-state index < -0.39 is 0 Å². The van der Waals surface area contributed by atoms with E-state index in [1.807, 2.05) is 0 Å². The molecule has 5 heteroatoms. The molecule has 5 nitrogen and oxygen atoms in total. The molecule has 102 valence electrons. The number of amides is 1. The van der Waals surface area contributed by atoms with Crippen LogP contribution in [-0.2, 0) is 16.1 Å². The maximum Gasteiger partial charge on any atom is 0.338 e. The van der Waals surface area contributed by atoms with Crippen LogP contribution in [-0.4, -0.2) is 29.9 Å². The van der Waals surface area contributed by atoms with E-state index >= 15 is 0 Å². The summed E-state index contributed by atoms with van der Waals surface area (Å²) < 4.78 is 4.95. The second-order valence-electron chi connectivity index (χ2n) is 4.55. The van der Waals surface area contributed by atoms with Crippen LogP contribution in [0.3, 0.4) is 0 Å². The van der Waals surface area contributed by atoms with Gasteiger partial charge in [0.2, 0.25) is 5.91 Å². The Bertz CT molecular complexity index is 499. The highest BCUT2D eigenvalue weighted by Gasteiger charge is 2.21. The van der Waals surface area contributed by atoms with Crippen molar-refractivity contribution in [1.82, 2.24) is 4.90 Å². The lowest BCUT2D eigenvalue weighted by atomic mass is 10.1. The highest BCUT2D eigenvalue weighted by atomic mass is 16.5. The fraction of sp³-hybridized carbons (Fsp3) is 0.429. The van der Waals surface area contributed by atoms with Crippen LogP contribution in [0.25, 0.3) is 0 Å². The van der Waals surface area contributed by atoms with Gasteiger partial charge < -0.3 is 15.4 Å². The summed E-state index contributed by atoms with van der Waals surface area (Å²) >= 11 is 0. The Kier molecular flexibility index (Phi) is 4.04. The SMILES string of the molecule is CCOC(=O)c1ccc(N)c(CN2CCCC2=O)c1. The van der Waals surface area contributed by atoms with E-state index in [9.17, 15) is 9.59 Å². The second-order valence-corrected chi connectivity index (χ2v) is 4.55. The number of rotatable bonds is 4. The summed E-state index contributed by atoms with van der Waals surface area (Å²) in [5.74, 6) is -0.225. The van der Waals surface area contributed by atoms with Gasteiger partial charge in [0.1, 0.15) is 0 Å². The molecule has 0 unspecified atom stereocenters. The van der Waals surface area contributed by atoms with Gasteiger partial charge in [0.05, 0.1) is 12.2 Å². The largest absolute Gasteiger partial charge is 0.462 e. The first-order valence-corrected chi connectivity index (χ1v) is 6.45. The standard InChI is InChI=1S/C14H18N2O3/c1-2-19-14(18)10-5-6-12(15)11(8-10)9-16-7-3-4-13(16)17/h5-6,8H,2-4,7,9,15H2,1H3. The van der Waals surface area contributed by atoms with Gasteiger partial charge in [0, 0.05) is 25.2 Å². The quantitative estimate of drug-likeness (QED) is 0.660. The Morgan fingerprint density at radius 3 is 2.89 bits per heavy atom. The first-order chi connectivity index (χ1) is 9.11. The molecule has 0 radical (unpaired) electrons. The van der Waals surface area contributed by atoms with Crippen LogP contribution < -0.4 is 5.73 Å². The third kappa shape index (κ3) is 3.05. The van der Waals surface area contributed by atoms with E-state index in [0.717, 1.165) is 18.5 Å². The van der Waals surface area contributed by atoms with Crippen molar-refractivity contribution < 1.29 is 14.3 Å². The topological polar surface area (TPSA) is 72.6 Å². The van der Waals surface area contributed by atoms with Gasteiger partial charge >= 0.3 is 5.97 Å². The summed E-state index contributed by atoms with van der Waals surface area (Å²) in [5.41, 5.74) is 7.75. The number of nitrogens with zero attached hydrogens (tertiary/aromatic N) is 1. The third-order valence-corrected chi connectivity index (χ3v) is 3.19. The highest BCUT2D eigenvalue weighted by molar-refractivity contribution is 5.90. The molecule has 1 heterocycles. The van der Waals surface area contributed by atoms with Crippen molar-refractivity contribution in [2.45, 2.75) is 26.3 Å². The van der Waals surface area contributed by atoms with Crippen LogP contribution in [0.5, 0.6) is 0 Å². The summed E-state index contributed by atoms with van der Waals surface area (Å²) in [5, 5.41) is 0. The van der Waals surface area contributed by atoms with Crippen LogP contribution in [0.2, 0.25) is 0 Å². The van der Waals surface area contributed by atoms with Crippen LogP contribution in [0.15, 0.2) is 18.2 Å². The first-order valence-electron chi connectivity index (χ1n) is 6.45. The minimum atomic E-state index is -0.364. The summed E-state index contributed by atoms with van der Waals surface area (Å²) in [6.07, 6.45) is 1.48. The normalized spacial score (nSPS) is 14.8. The van der Waals surface area contributed by atoms with Crippen LogP contribution in [0, 0.1) is 0 Å². The minimum absolute atomic E-state index is 0.140. The van der Waals surface area contributed by atoms with Crippen molar-refractivity contribution in [1.29, 1.82) is 0 Å². The fourth-order valence-corrected chi connectivity index (χ4v) is 2.16. The first kappa shape index (κ1) is 13.4. The molecule has 1 aromatic rings. The summed E-state index contributed by atoms with van der Waals surface area (Å²) in [6, 6.07) is 5.03. The van der Waals surface area contributed by atoms with Gasteiger partial charge in [-0.25, -0.2) is 4.79 Å². The molecule has 1 fully saturated rings. The molecule has 0 aliphatic carbocycles. The van der Waals surface area contributed by atoms with Gasteiger partial charge in [-0.05, 0) is 37.1 Å². The Hall–Kier alpha value is -2.04. The molecule has 19 heavy (non-hydrogen) atoms. The van der Waals surface area contributed by atoms with Crippen LogP contribution >= 0.6 is 0 Å². The van der Waals surface area contributed by atoms with E-state index in [1.54, 1.807) is 30.0 Å². The van der Waals surface area contributed by atoms with Crippen molar-refractivity contribution in [3.8, 4) is 0 Å². The molecule has 0 atom stereocenters. The van der Waals surface area contributed by atoms with E-state index in [0.29, 0.717) is 30.8 Å². The average Bonchev–Trinajstić information content (AvgIpc) is 2.78. The maximum atomic E-state index is 11.7. The van der Waals surface area contributed by atoms with E-state index in [4.69, 9.17) is 10.5 Å². The molecule has 0 aromatic heterocycles. The zero-order valence-corrected chi connectivity index (χ0v) is 11.0. The average molecular weight is 262 g/mol. The summed E-state index contributed by atoms with van der Waals surface area (Å²) in [4.78, 5) is 25.0. The number of anilines is 1. The van der Waals surface area contributed by atoms with Gasteiger partial charge in [-0.2, -0.15) is 0 Å². The number of hydrogen-bond donors (Lipinski definition) is 1. The molecule has 1 aromatic carbocycles. The summed E-state index contributed by atoms with van der Waals surface area (Å²) in [7, 11) is 0. The van der Waals surface area contributed by atoms with E-state index in [1.165, 1.54) is 0 Å². The molecule has 2 rings (SSSR count). The Morgan fingerprint density at radius 1 is 1.47 bits per heavy atom. The Morgan fingerprint density at radius 2 is 2.26 bits per heavy atom. The molecular formula is C14H18N2O3. The molecule has 0 spiro atoms. The predicted octanol–water partition coefficient (Wildman–Crippen LogP) is 1.57. The Balaban J connectivity index is 2.17. The molecule has 0 saturated carbocycles. The number of carbonyl (C=O) groups excluding carboxylic acids is 2. The molecule has 2 N–H and O–H groups in total. The number of likely N-dealkylation sites (tertiary alicyclic amines) is 1. The van der Waals surface area contributed by atoms with E-state index in [-0.39, 0.29) is 11.9 Å². The van der Waals surface area contributed by atoms with E-state index in [2.05, 4.69) is 0 Å². The molecule has 0 bridgehead atoms. The number of ether oxygens (including phenoxy) is 1. The second kappa shape index (κ2) is 5.73. The lowest BCUT2D eigenvalue weighted by Gasteiger charge is -2.17. The number of esters is 1. The van der Waals surface area contributed by atoms with Gasteiger partial charge in [-0.15, -0.1) is 0 Å². The fourth-order valence-electron chi connectivity index (χ4n) is 2.16. The van der Waals surface area contributed by atoms with Gasteiger partial charge in [-0.3, -0.25) is 4.79 Å². The molecule has 1 amide bonds.